The zero-order valence-corrected chi connectivity index (χ0v) is 18.2. The van der Waals surface area contributed by atoms with Gasteiger partial charge in [0.2, 0.25) is 0 Å². The average molecular weight is 507 g/mol. The molecule has 1 N–H and O–H groups in total. The molecule has 0 radical (unpaired) electrons. The van der Waals surface area contributed by atoms with Crippen molar-refractivity contribution in [1.82, 2.24) is 4.37 Å². The quantitative estimate of drug-likeness (QED) is 0.354. The van der Waals surface area contributed by atoms with E-state index in [-0.39, 0.29) is 34.1 Å². The fourth-order valence-electron chi connectivity index (χ4n) is 3.21. The van der Waals surface area contributed by atoms with E-state index in [1.807, 2.05) is 0 Å². The molecule has 0 saturated carbocycles. The van der Waals surface area contributed by atoms with E-state index in [2.05, 4.69) is 4.37 Å². The summed E-state index contributed by atoms with van der Waals surface area (Å²) in [6.07, 6.45) is -10.6. The van der Waals surface area contributed by atoms with Crippen molar-refractivity contribution in [3.05, 3.63) is 69.3 Å². The van der Waals surface area contributed by atoms with E-state index in [4.69, 9.17) is 9.84 Å². The summed E-state index contributed by atoms with van der Waals surface area (Å²) < 4.78 is 104. The third kappa shape index (κ3) is 5.85. The van der Waals surface area contributed by atoms with Gasteiger partial charge in [0.15, 0.2) is 0 Å². The van der Waals surface area contributed by atoms with Gasteiger partial charge in [-0.1, -0.05) is 12.1 Å². The third-order valence-corrected chi connectivity index (χ3v) is 5.74. The van der Waals surface area contributed by atoms with Crippen LogP contribution < -0.4 is 4.74 Å². The third-order valence-electron chi connectivity index (χ3n) is 4.80. The number of ether oxygens (including phenoxy) is 1. The first-order chi connectivity index (χ1) is 15.8. The molecule has 3 rings (SSSR count). The van der Waals surface area contributed by atoms with Gasteiger partial charge >= 0.3 is 18.3 Å². The Kier molecular flexibility index (Phi) is 7.20. The molecule has 0 aliphatic heterocycles. The highest BCUT2D eigenvalue weighted by atomic mass is 32.1. The van der Waals surface area contributed by atoms with Gasteiger partial charge < -0.3 is 9.84 Å². The maximum atomic E-state index is 14.4. The summed E-state index contributed by atoms with van der Waals surface area (Å²) in [5.41, 5.74) is -1.94. The molecule has 12 heteroatoms. The molecule has 34 heavy (non-hydrogen) atoms. The Labute approximate surface area is 192 Å². The van der Waals surface area contributed by atoms with Gasteiger partial charge in [-0.3, -0.25) is 4.79 Å². The van der Waals surface area contributed by atoms with E-state index in [1.54, 1.807) is 6.92 Å². The molecule has 0 aliphatic carbocycles. The van der Waals surface area contributed by atoms with Crippen molar-refractivity contribution >= 4 is 17.5 Å². The van der Waals surface area contributed by atoms with Crippen molar-refractivity contribution in [2.24, 2.45) is 0 Å². The van der Waals surface area contributed by atoms with Gasteiger partial charge in [-0.2, -0.15) is 30.7 Å². The molecule has 0 spiro atoms. The Balaban J connectivity index is 1.97. The molecule has 2 aromatic carbocycles. The molecule has 0 amide bonds. The van der Waals surface area contributed by atoms with Gasteiger partial charge in [-0.05, 0) is 60.3 Å². The SMILES string of the molecule is Cc1ccc(-c2nsc(C(F)(F)F)c2COc2ccc(CCC(=O)O)c(C(F)(F)F)c2)c(F)c1. The van der Waals surface area contributed by atoms with Gasteiger partial charge in [0.05, 0.1) is 11.3 Å². The van der Waals surface area contributed by atoms with Crippen LogP contribution in [0, 0.1) is 12.7 Å². The predicted molar refractivity (Wildman–Crippen MR) is 109 cm³/mol. The van der Waals surface area contributed by atoms with Crippen LogP contribution in [-0.4, -0.2) is 15.4 Å². The molecule has 0 aliphatic rings. The van der Waals surface area contributed by atoms with Crippen molar-refractivity contribution in [1.29, 1.82) is 0 Å². The normalized spacial score (nSPS) is 12.1. The Morgan fingerprint density at radius 1 is 1.06 bits per heavy atom. The number of carbonyl (C=O) groups is 1. The van der Waals surface area contributed by atoms with Gasteiger partial charge in [0.25, 0.3) is 0 Å². The predicted octanol–water partition coefficient (Wildman–Crippen LogP) is 6.89. The Hall–Kier alpha value is -3.15. The molecule has 182 valence electrons. The van der Waals surface area contributed by atoms with E-state index in [9.17, 15) is 35.5 Å². The number of aliphatic carboxylic acids is 1. The van der Waals surface area contributed by atoms with Crippen LogP contribution in [0.2, 0.25) is 0 Å². The van der Waals surface area contributed by atoms with Crippen molar-refractivity contribution in [3.8, 4) is 17.0 Å². The lowest BCUT2D eigenvalue weighted by Crippen LogP contribution is -2.12. The fourth-order valence-corrected chi connectivity index (χ4v) is 3.97. The van der Waals surface area contributed by atoms with Crippen molar-refractivity contribution in [2.45, 2.75) is 38.7 Å². The molecule has 3 aromatic rings. The van der Waals surface area contributed by atoms with Crippen LogP contribution in [0.25, 0.3) is 11.3 Å². The maximum Gasteiger partial charge on any atom is 0.427 e. The lowest BCUT2D eigenvalue weighted by Gasteiger charge is -2.16. The number of hydrogen-bond acceptors (Lipinski definition) is 4. The zero-order valence-electron chi connectivity index (χ0n) is 17.4. The molecule has 0 saturated heterocycles. The first-order valence-electron chi connectivity index (χ1n) is 9.64. The first kappa shape index (κ1) is 25.5. The first-order valence-corrected chi connectivity index (χ1v) is 10.4. The summed E-state index contributed by atoms with van der Waals surface area (Å²) >= 11 is 0.0879. The highest BCUT2D eigenvalue weighted by Gasteiger charge is 2.38. The second-order valence-electron chi connectivity index (χ2n) is 7.32. The summed E-state index contributed by atoms with van der Waals surface area (Å²) in [5, 5.41) is 8.73. The Morgan fingerprint density at radius 3 is 2.35 bits per heavy atom. The lowest BCUT2D eigenvalue weighted by molar-refractivity contribution is -0.140. The summed E-state index contributed by atoms with van der Waals surface area (Å²) in [6.45, 7) is 0.775. The highest BCUT2D eigenvalue weighted by Crippen LogP contribution is 2.41. The van der Waals surface area contributed by atoms with Crippen LogP contribution in [0.1, 0.15) is 33.6 Å². The maximum absolute atomic E-state index is 14.4. The number of nitrogens with zero attached hydrogens (tertiary/aromatic N) is 1. The minimum Gasteiger partial charge on any atom is -0.489 e. The molecule has 0 atom stereocenters. The molecule has 0 bridgehead atoms. The fraction of sp³-hybridized carbons (Fsp3) is 0.273. The Bertz CT molecular complexity index is 1200. The number of carboxylic acid groups (broad SMARTS) is 1. The number of hydrogen-bond donors (Lipinski definition) is 1. The lowest BCUT2D eigenvalue weighted by atomic mass is 10.0. The van der Waals surface area contributed by atoms with Crippen LogP contribution >= 0.6 is 11.5 Å². The van der Waals surface area contributed by atoms with Gasteiger partial charge in [-0.15, -0.1) is 0 Å². The number of alkyl halides is 6. The highest BCUT2D eigenvalue weighted by molar-refractivity contribution is 7.06. The van der Waals surface area contributed by atoms with E-state index in [1.165, 1.54) is 12.1 Å². The number of aromatic nitrogens is 1. The van der Waals surface area contributed by atoms with Gasteiger partial charge in [0.1, 0.15) is 23.1 Å². The summed E-state index contributed by atoms with van der Waals surface area (Å²) in [6, 6.07) is 6.59. The van der Waals surface area contributed by atoms with Crippen molar-refractivity contribution in [2.75, 3.05) is 0 Å². The number of carboxylic acids is 1. The number of rotatable bonds is 7. The van der Waals surface area contributed by atoms with Crippen LogP contribution in [0.3, 0.4) is 0 Å². The molecule has 1 aromatic heterocycles. The Morgan fingerprint density at radius 2 is 1.76 bits per heavy atom. The van der Waals surface area contributed by atoms with Crippen LogP contribution in [0.5, 0.6) is 5.75 Å². The number of aryl methyl sites for hydroxylation is 2. The zero-order chi connectivity index (χ0) is 25.3. The largest absolute Gasteiger partial charge is 0.489 e. The van der Waals surface area contributed by atoms with E-state index < -0.39 is 59.6 Å². The molecule has 1 heterocycles. The molecule has 0 unspecified atom stereocenters. The molecule has 0 fully saturated rings. The van der Waals surface area contributed by atoms with E-state index >= 15 is 0 Å². The molecular weight excluding hydrogens is 491 g/mol. The van der Waals surface area contributed by atoms with E-state index in [0.29, 0.717) is 11.6 Å². The van der Waals surface area contributed by atoms with E-state index in [0.717, 1.165) is 18.2 Å². The monoisotopic (exact) mass is 507 g/mol. The molecule has 4 nitrogen and oxygen atoms in total. The van der Waals surface area contributed by atoms with Crippen LogP contribution in [0.4, 0.5) is 30.7 Å². The van der Waals surface area contributed by atoms with Crippen molar-refractivity contribution < 1.29 is 45.4 Å². The minimum atomic E-state index is -4.84. The second-order valence-corrected chi connectivity index (χ2v) is 8.09. The summed E-state index contributed by atoms with van der Waals surface area (Å²) in [5.74, 6) is -2.47. The van der Waals surface area contributed by atoms with Crippen molar-refractivity contribution in [3.63, 3.8) is 0 Å². The number of benzene rings is 2. The minimum absolute atomic E-state index is 0.0879. The molecular formula is C22H16F7NO3S. The van der Waals surface area contributed by atoms with Gasteiger partial charge in [-0.25, -0.2) is 4.39 Å². The second kappa shape index (κ2) is 9.61. The summed E-state index contributed by atoms with van der Waals surface area (Å²) in [7, 11) is 0. The van der Waals surface area contributed by atoms with Gasteiger partial charge in [0, 0.05) is 17.5 Å². The summed E-state index contributed by atoms with van der Waals surface area (Å²) in [4.78, 5) is 9.55. The van der Waals surface area contributed by atoms with Crippen LogP contribution in [0.15, 0.2) is 36.4 Å². The topological polar surface area (TPSA) is 59.4 Å². The number of halogens is 7. The standard InChI is InChI=1S/C22H16F7NO3S/c1-11-2-6-14(17(23)8-11)19-15(20(34-30-19)22(27,28)29)10-33-13-5-3-12(4-7-18(31)32)16(9-13)21(24,25)26/h2-3,5-6,8-9H,4,7,10H2,1H3,(H,31,32). The smallest absolute Gasteiger partial charge is 0.427 e. The average Bonchev–Trinajstić information content (AvgIpc) is 3.14. The van der Waals surface area contributed by atoms with Crippen LogP contribution in [-0.2, 0) is 30.2 Å².